The van der Waals surface area contributed by atoms with Gasteiger partial charge in [0.25, 0.3) is 0 Å². The Morgan fingerprint density at radius 1 is 1.35 bits per heavy atom. The summed E-state index contributed by atoms with van der Waals surface area (Å²) >= 11 is 0. The summed E-state index contributed by atoms with van der Waals surface area (Å²) in [6.07, 6.45) is 3.91. The molecule has 0 bridgehead atoms. The maximum Gasteiger partial charge on any atom is 0.327 e. The summed E-state index contributed by atoms with van der Waals surface area (Å²) in [5, 5.41) is 3.14. The van der Waals surface area contributed by atoms with E-state index in [2.05, 4.69) is 15.1 Å². The Hall–Kier alpha value is -0.650. The monoisotopic (exact) mass is 283 g/mol. The second kappa shape index (κ2) is 6.87. The number of nitrogens with zero attached hydrogens (tertiary/aromatic N) is 2. The molecule has 5 nitrogen and oxygen atoms in total. The molecule has 20 heavy (non-hydrogen) atoms. The Morgan fingerprint density at radius 3 is 2.65 bits per heavy atom. The van der Waals surface area contributed by atoms with Crippen molar-refractivity contribution in [2.75, 3.05) is 46.4 Å². The van der Waals surface area contributed by atoms with Crippen molar-refractivity contribution in [3.63, 3.8) is 0 Å². The SMILES string of the molecule is CCOC(=O)C(C)(CN1CCC(N2CCCC2)C1)NC. The summed E-state index contributed by atoms with van der Waals surface area (Å²) in [4.78, 5) is 17.1. The molecule has 0 radical (unpaired) electrons. The van der Waals surface area contributed by atoms with E-state index in [4.69, 9.17) is 4.74 Å². The molecule has 2 unspecified atom stereocenters. The lowest BCUT2D eigenvalue weighted by molar-refractivity contribution is -0.151. The van der Waals surface area contributed by atoms with Crippen molar-refractivity contribution in [1.29, 1.82) is 0 Å². The Morgan fingerprint density at radius 2 is 2.05 bits per heavy atom. The van der Waals surface area contributed by atoms with Gasteiger partial charge in [-0.05, 0) is 59.8 Å². The number of carbonyl (C=O) groups excluding carboxylic acids is 1. The highest BCUT2D eigenvalue weighted by Crippen LogP contribution is 2.22. The lowest BCUT2D eigenvalue weighted by Crippen LogP contribution is -2.56. The molecule has 5 heteroatoms. The van der Waals surface area contributed by atoms with E-state index in [0.717, 1.165) is 19.6 Å². The van der Waals surface area contributed by atoms with Crippen LogP contribution < -0.4 is 5.32 Å². The molecule has 0 aromatic rings. The van der Waals surface area contributed by atoms with Gasteiger partial charge in [-0.2, -0.15) is 0 Å². The van der Waals surface area contributed by atoms with Crippen LogP contribution in [0.3, 0.4) is 0 Å². The number of hydrogen-bond acceptors (Lipinski definition) is 5. The molecular formula is C15H29N3O2. The zero-order chi connectivity index (χ0) is 14.6. The maximum atomic E-state index is 12.1. The summed E-state index contributed by atoms with van der Waals surface area (Å²) in [6, 6.07) is 0.681. The highest BCUT2D eigenvalue weighted by Gasteiger charge is 2.38. The minimum Gasteiger partial charge on any atom is -0.465 e. The first-order valence-electron chi connectivity index (χ1n) is 7.91. The second-order valence-electron chi connectivity index (χ2n) is 6.22. The summed E-state index contributed by atoms with van der Waals surface area (Å²) in [6.45, 7) is 9.62. The first-order chi connectivity index (χ1) is 9.59. The predicted octanol–water partition coefficient (Wildman–Crippen LogP) is 0.698. The molecule has 1 N–H and O–H groups in total. The zero-order valence-corrected chi connectivity index (χ0v) is 13.2. The van der Waals surface area contributed by atoms with E-state index < -0.39 is 5.54 Å². The summed E-state index contributed by atoms with van der Waals surface area (Å²) < 4.78 is 5.20. The minimum atomic E-state index is -0.601. The summed E-state index contributed by atoms with van der Waals surface area (Å²) in [5.41, 5.74) is -0.601. The predicted molar refractivity (Wildman–Crippen MR) is 79.7 cm³/mol. The molecule has 0 amide bonds. The standard InChI is InChI=1S/C15H29N3O2/c1-4-20-14(19)15(2,16-3)12-17-10-7-13(11-17)18-8-5-6-9-18/h13,16H,4-12H2,1-3H3. The van der Waals surface area contributed by atoms with E-state index >= 15 is 0 Å². The van der Waals surface area contributed by atoms with Gasteiger partial charge in [-0.25, -0.2) is 0 Å². The van der Waals surface area contributed by atoms with E-state index in [0.29, 0.717) is 12.6 Å². The molecule has 2 saturated heterocycles. The Labute approximate surface area is 122 Å². The molecule has 0 aromatic carbocycles. The Kier molecular flexibility index (Phi) is 5.41. The van der Waals surface area contributed by atoms with Crippen LogP contribution in [0.2, 0.25) is 0 Å². The van der Waals surface area contributed by atoms with Gasteiger partial charge in [0.05, 0.1) is 6.61 Å². The number of nitrogens with one attached hydrogen (secondary N) is 1. The number of likely N-dealkylation sites (N-methyl/N-ethyl adjacent to an activating group) is 1. The molecule has 2 heterocycles. The van der Waals surface area contributed by atoms with Crippen molar-refractivity contribution in [3.8, 4) is 0 Å². The van der Waals surface area contributed by atoms with Gasteiger partial charge in [0, 0.05) is 19.1 Å². The van der Waals surface area contributed by atoms with Crippen LogP contribution in [0.25, 0.3) is 0 Å². The van der Waals surface area contributed by atoms with Crippen LogP contribution in [-0.2, 0) is 9.53 Å². The van der Waals surface area contributed by atoms with Crippen molar-refractivity contribution in [1.82, 2.24) is 15.1 Å². The number of esters is 1. The van der Waals surface area contributed by atoms with Gasteiger partial charge < -0.3 is 10.1 Å². The fraction of sp³-hybridized carbons (Fsp3) is 0.933. The van der Waals surface area contributed by atoms with Crippen molar-refractivity contribution >= 4 is 5.97 Å². The molecule has 2 aliphatic heterocycles. The van der Waals surface area contributed by atoms with Crippen LogP contribution in [0, 0.1) is 0 Å². The molecule has 0 saturated carbocycles. The van der Waals surface area contributed by atoms with Crippen molar-refractivity contribution in [2.45, 2.75) is 44.7 Å². The fourth-order valence-electron chi connectivity index (χ4n) is 3.34. The maximum absolute atomic E-state index is 12.1. The normalized spacial score (nSPS) is 27.6. The number of likely N-dealkylation sites (tertiary alicyclic amines) is 2. The number of carbonyl (C=O) groups is 1. The smallest absolute Gasteiger partial charge is 0.327 e. The van der Waals surface area contributed by atoms with Gasteiger partial charge in [-0.15, -0.1) is 0 Å². The summed E-state index contributed by atoms with van der Waals surface area (Å²) in [7, 11) is 1.84. The topological polar surface area (TPSA) is 44.8 Å². The molecule has 0 aliphatic carbocycles. The van der Waals surface area contributed by atoms with Crippen LogP contribution in [0.5, 0.6) is 0 Å². The molecule has 2 fully saturated rings. The van der Waals surface area contributed by atoms with Crippen LogP contribution >= 0.6 is 0 Å². The molecule has 2 aliphatic rings. The summed E-state index contributed by atoms with van der Waals surface area (Å²) in [5.74, 6) is -0.146. The number of rotatable bonds is 6. The molecule has 2 rings (SSSR count). The van der Waals surface area contributed by atoms with E-state index in [-0.39, 0.29) is 5.97 Å². The van der Waals surface area contributed by atoms with Gasteiger partial charge >= 0.3 is 5.97 Å². The Bertz CT molecular complexity index is 331. The van der Waals surface area contributed by atoms with Crippen molar-refractivity contribution in [3.05, 3.63) is 0 Å². The molecule has 0 aromatic heterocycles. The van der Waals surface area contributed by atoms with E-state index in [1.165, 1.54) is 32.4 Å². The molecule has 0 spiro atoms. The fourth-order valence-corrected chi connectivity index (χ4v) is 3.34. The van der Waals surface area contributed by atoms with Gasteiger partial charge in [0.15, 0.2) is 0 Å². The van der Waals surface area contributed by atoms with Gasteiger partial charge in [-0.1, -0.05) is 0 Å². The van der Waals surface area contributed by atoms with Crippen LogP contribution in [-0.4, -0.2) is 73.7 Å². The van der Waals surface area contributed by atoms with Gasteiger partial charge in [-0.3, -0.25) is 14.6 Å². The highest BCUT2D eigenvalue weighted by molar-refractivity contribution is 5.80. The minimum absolute atomic E-state index is 0.146. The van der Waals surface area contributed by atoms with E-state index in [9.17, 15) is 4.79 Å². The third-order valence-corrected chi connectivity index (χ3v) is 4.72. The largest absolute Gasteiger partial charge is 0.465 e. The Balaban J connectivity index is 1.87. The number of hydrogen-bond donors (Lipinski definition) is 1. The van der Waals surface area contributed by atoms with Crippen LogP contribution in [0.15, 0.2) is 0 Å². The van der Waals surface area contributed by atoms with Gasteiger partial charge in [0.1, 0.15) is 5.54 Å². The van der Waals surface area contributed by atoms with Crippen molar-refractivity contribution < 1.29 is 9.53 Å². The first kappa shape index (κ1) is 15.7. The quantitative estimate of drug-likeness (QED) is 0.727. The van der Waals surface area contributed by atoms with Crippen molar-refractivity contribution in [2.24, 2.45) is 0 Å². The first-order valence-corrected chi connectivity index (χ1v) is 7.91. The van der Waals surface area contributed by atoms with Crippen LogP contribution in [0.4, 0.5) is 0 Å². The third-order valence-electron chi connectivity index (χ3n) is 4.72. The van der Waals surface area contributed by atoms with Crippen LogP contribution in [0.1, 0.15) is 33.1 Å². The molecular weight excluding hydrogens is 254 g/mol. The van der Waals surface area contributed by atoms with Gasteiger partial charge in [0.2, 0.25) is 0 Å². The van der Waals surface area contributed by atoms with E-state index in [1.807, 2.05) is 20.9 Å². The average molecular weight is 283 g/mol. The zero-order valence-electron chi connectivity index (χ0n) is 13.2. The molecule has 2 atom stereocenters. The lowest BCUT2D eigenvalue weighted by atomic mass is 10.0. The number of ether oxygens (including phenoxy) is 1. The lowest BCUT2D eigenvalue weighted by Gasteiger charge is -2.32. The highest BCUT2D eigenvalue weighted by atomic mass is 16.5. The van der Waals surface area contributed by atoms with E-state index in [1.54, 1.807) is 0 Å². The molecule has 116 valence electrons. The second-order valence-corrected chi connectivity index (χ2v) is 6.22. The average Bonchev–Trinajstić information content (AvgIpc) is 3.09. The third kappa shape index (κ3) is 3.51.